The zero-order valence-corrected chi connectivity index (χ0v) is 11.1. The first-order chi connectivity index (χ1) is 9.27. The number of aromatic amines is 1. The van der Waals surface area contributed by atoms with Crippen molar-refractivity contribution in [1.29, 1.82) is 0 Å². The van der Waals surface area contributed by atoms with E-state index in [1.54, 1.807) is 5.32 Å². The Morgan fingerprint density at radius 3 is 2.65 bits per heavy atom. The van der Waals surface area contributed by atoms with Gasteiger partial charge in [0.25, 0.3) is 11.9 Å². The molecule has 0 aliphatic carbocycles. The molecule has 0 bridgehead atoms. The fraction of sp³-hybridized carbons (Fsp3) is 0.100. The van der Waals surface area contributed by atoms with Crippen molar-refractivity contribution in [2.45, 2.75) is 6.18 Å². The third kappa shape index (κ3) is 3.07. The molecule has 2 N–H and O–H groups in total. The molecule has 0 atom stereocenters. The third-order valence-electron chi connectivity index (χ3n) is 2.20. The minimum Gasteiger partial charge on any atom is -0.313 e. The Kier molecular flexibility index (Phi) is 3.66. The Bertz CT molecular complexity index is 708. The summed E-state index contributed by atoms with van der Waals surface area (Å²) in [5, 5.41) is 3.89. The number of amides is 1. The van der Waals surface area contributed by atoms with Crippen molar-refractivity contribution < 1.29 is 27.2 Å². The number of H-pyrrole nitrogens is 1. The molecule has 1 aromatic heterocycles. The maximum Gasteiger partial charge on any atom is 0.471 e. The van der Waals surface area contributed by atoms with Crippen molar-refractivity contribution in [2.75, 3.05) is 5.32 Å². The van der Waals surface area contributed by atoms with Crippen LogP contribution in [0.2, 0.25) is 0 Å². The first kappa shape index (κ1) is 14.3. The smallest absolute Gasteiger partial charge is 0.313 e. The summed E-state index contributed by atoms with van der Waals surface area (Å²) >= 11 is 3.14. The van der Waals surface area contributed by atoms with Crippen molar-refractivity contribution >= 4 is 27.5 Å². The maximum absolute atomic E-state index is 12.2. The summed E-state index contributed by atoms with van der Waals surface area (Å²) in [5.74, 6) is -2.12. The van der Waals surface area contributed by atoms with Crippen LogP contribution in [0.25, 0.3) is 5.69 Å². The lowest BCUT2D eigenvalue weighted by molar-refractivity contribution is -0.669. The van der Waals surface area contributed by atoms with Gasteiger partial charge in [0, 0.05) is 10.5 Å². The van der Waals surface area contributed by atoms with E-state index in [1.165, 1.54) is 18.2 Å². The molecule has 0 radical (unpaired) electrons. The molecule has 1 aromatic carbocycles. The van der Waals surface area contributed by atoms with Gasteiger partial charge in [-0.3, -0.25) is 9.32 Å². The lowest BCUT2D eigenvalue weighted by Crippen LogP contribution is -2.36. The van der Waals surface area contributed by atoms with Crippen LogP contribution in [0.3, 0.4) is 0 Å². The van der Waals surface area contributed by atoms with Crippen LogP contribution < -0.4 is 15.6 Å². The number of rotatable bonds is 2. The van der Waals surface area contributed by atoms with E-state index in [9.17, 15) is 22.8 Å². The van der Waals surface area contributed by atoms with E-state index in [2.05, 4.69) is 25.7 Å². The van der Waals surface area contributed by atoms with Gasteiger partial charge < -0.3 is 5.32 Å². The molecule has 1 amide bonds. The summed E-state index contributed by atoms with van der Waals surface area (Å²) in [6.45, 7) is 0. The number of alkyl halides is 3. The molecule has 0 aliphatic heterocycles. The van der Waals surface area contributed by atoms with Gasteiger partial charge in [0.2, 0.25) is 0 Å². The quantitative estimate of drug-likeness (QED) is 0.804. The van der Waals surface area contributed by atoms with E-state index >= 15 is 0 Å². The molecule has 0 aliphatic rings. The van der Waals surface area contributed by atoms with Crippen LogP contribution in [0.1, 0.15) is 0 Å². The maximum atomic E-state index is 12.2. The molecular weight excluding hydrogens is 347 g/mol. The minimum atomic E-state index is -5.02. The largest absolute Gasteiger partial charge is 0.471 e. The first-order valence-corrected chi connectivity index (χ1v) is 5.85. The summed E-state index contributed by atoms with van der Waals surface area (Å²) in [6, 6.07) is 4.09. The van der Waals surface area contributed by atoms with Crippen LogP contribution >= 0.6 is 15.9 Å². The minimum absolute atomic E-state index is 0.0998. The number of anilines is 1. The van der Waals surface area contributed by atoms with Crippen molar-refractivity contribution in [1.82, 2.24) is 5.27 Å². The fourth-order valence-electron chi connectivity index (χ4n) is 1.37. The Balaban J connectivity index is 2.44. The lowest BCUT2D eigenvalue weighted by Gasteiger charge is -2.08. The van der Waals surface area contributed by atoms with Crippen molar-refractivity contribution in [2.24, 2.45) is 0 Å². The van der Waals surface area contributed by atoms with E-state index in [-0.39, 0.29) is 11.4 Å². The van der Waals surface area contributed by atoms with E-state index in [0.717, 1.165) is 10.9 Å². The summed E-state index contributed by atoms with van der Waals surface area (Å²) in [7, 11) is 0. The van der Waals surface area contributed by atoms with Crippen LogP contribution in [0.4, 0.5) is 18.9 Å². The van der Waals surface area contributed by atoms with Crippen molar-refractivity contribution in [3.63, 3.8) is 0 Å². The van der Waals surface area contributed by atoms with Crippen LogP contribution in [-0.2, 0) is 4.79 Å². The molecular formula is C10H6BrF3N3O3+. The number of nitrogens with one attached hydrogen (secondary N) is 2. The van der Waals surface area contributed by atoms with E-state index in [1.807, 2.05) is 0 Å². The fourth-order valence-corrected chi connectivity index (χ4v) is 1.72. The average Bonchev–Trinajstić information content (AvgIpc) is 2.76. The predicted molar refractivity (Wildman–Crippen MR) is 63.2 cm³/mol. The van der Waals surface area contributed by atoms with Crippen LogP contribution in [-0.4, -0.2) is 17.4 Å². The van der Waals surface area contributed by atoms with E-state index in [4.69, 9.17) is 0 Å². The summed E-state index contributed by atoms with van der Waals surface area (Å²) < 4.78 is 42.7. The number of carbonyl (C=O) groups excluding carboxylic acids is 1. The Morgan fingerprint density at radius 1 is 1.40 bits per heavy atom. The second-order valence-electron chi connectivity index (χ2n) is 3.62. The topological polar surface area (TPSA) is 79.0 Å². The lowest BCUT2D eigenvalue weighted by atomic mass is 10.2. The number of nitrogens with zero attached hydrogens (tertiary/aromatic N) is 1. The van der Waals surface area contributed by atoms with Crippen molar-refractivity contribution in [3.8, 4) is 5.69 Å². The predicted octanol–water partition coefficient (Wildman–Crippen LogP) is 1.51. The van der Waals surface area contributed by atoms with Gasteiger partial charge in [-0.2, -0.15) is 13.2 Å². The highest BCUT2D eigenvalue weighted by Gasteiger charge is 2.39. The van der Waals surface area contributed by atoms with Gasteiger partial charge in [-0.25, -0.2) is 4.79 Å². The Hall–Kier alpha value is -2.10. The molecule has 0 saturated carbocycles. The molecule has 20 heavy (non-hydrogen) atoms. The number of aromatic nitrogens is 2. The van der Waals surface area contributed by atoms with Gasteiger partial charge in [0.15, 0.2) is 0 Å². The van der Waals surface area contributed by atoms with Crippen molar-refractivity contribution in [3.05, 3.63) is 39.3 Å². The molecule has 0 spiro atoms. The normalized spacial score (nSPS) is 11.4. The number of carbonyl (C=O) groups is 1. The molecule has 2 aromatic rings. The Labute approximate surface area is 117 Å². The van der Waals surface area contributed by atoms with E-state index in [0.29, 0.717) is 4.47 Å². The zero-order valence-electron chi connectivity index (χ0n) is 9.49. The molecule has 0 saturated heterocycles. The molecule has 0 unspecified atom stereocenters. The zero-order chi connectivity index (χ0) is 14.9. The van der Waals surface area contributed by atoms with Gasteiger partial charge in [0.1, 0.15) is 5.69 Å². The summed E-state index contributed by atoms with van der Waals surface area (Å²) in [4.78, 5) is 21.9. The van der Waals surface area contributed by atoms with Crippen LogP contribution in [0.5, 0.6) is 0 Å². The second kappa shape index (κ2) is 5.12. The second-order valence-corrected chi connectivity index (χ2v) is 4.54. The average molecular weight is 353 g/mol. The van der Waals surface area contributed by atoms with Gasteiger partial charge in [-0.1, -0.05) is 15.9 Å². The molecule has 6 nitrogen and oxygen atoms in total. The van der Waals surface area contributed by atoms with E-state index < -0.39 is 17.7 Å². The summed E-state index contributed by atoms with van der Waals surface area (Å²) in [6.07, 6.45) is -4.04. The summed E-state index contributed by atoms with van der Waals surface area (Å²) in [5.41, 5.74) is -0.765. The monoisotopic (exact) mass is 352 g/mol. The molecule has 1 heterocycles. The molecule has 106 valence electrons. The highest BCUT2D eigenvalue weighted by molar-refractivity contribution is 9.10. The first-order valence-electron chi connectivity index (χ1n) is 5.05. The van der Waals surface area contributed by atoms with Gasteiger partial charge in [-0.05, 0) is 22.1 Å². The number of halogens is 4. The highest BCUT2D eigenvalue weighted by Crippen LogP contribution is 2.23. The Morgan fingerprint density at radius 2 is 2.10 bits per heavy atom. The van der Waals surface area contributed by atoms with Crippen LogP contribution in [0, 0.1) is 0 Å². The number of hydrogen-bond acceptors (Lipinski definition) is 3. The van der Waals surface area contributed by atoms with Gasteiger partial charge in [-0.15, -0.1) is 0 Å². The third-order valence-corrected chi connectivity index (χ3v) is 2.70. The standard InChI is InChI=1S/C10H5BrF3N3O3/c11-5-1-2-6(15-9(19)10(12,13)14)7(3-5)17-4-8(18)20-16-17/h1-4H,(H-,15,16,18,19)/p+1. The molecule has 10 heteroatoms. The van der Waals surface area contributed by atoms with Gasteiger partial charge in [0.05, 0.1) is 0 Å². The molecule has 0 fully saturated rings. The molecule has 2 rings (SSSR count). The highest BCUT2D eigenvalue weighted by atomic mass is 79.9. The number of hydrogen-bond donors (Lipinski definition) is 2. The number of benzene rings is 1. The SMILES string of the molecule is O=C(Nc1ccc(Br)cc1-[n+]1cc(=O)o[nH]1)C(F)(F)F. The van der Waals surface area contributed by atoms with Crippen LogP contribution in [0.15, 0.2) is 38.2 Å². The van der Waals surface area contributed by atoms with Gasteiger partial charge >= 0.3 is 17.7 Å².